The Hall–Kier alpha value is -2.10. The Labute approximate surface area is 278 Å². The number of pyridine rings is 1. The second-order valence-electron chi connectivity index (χ2n) is 10.8. The molecule has 0 bridgehead atoms. The van der Waals surface area contributed by atoms with Gasteiger partial charge in [0.1, 0.15) is 11.4 Å². The Morgan fingerprint density at radius 2 is 0.881 bits per heavy atom. The van der Waals surface area contributed by atoms with E-state index < -0.39 is 0 Å². The van der Waals surface area contributed by atoms with Crippen LogP contribution in [0.1, 0.15) is 38.5 Å². The molecule has 11 heteroatoms. The van der Waals surface area contributed by atoms with Crippen molar-refractivity contribution in [3.63, 3.8) is 0 Å². The molecule has 2 aliphatic rings. The molecule has 3 aromatic heterocycles. The third-order valence-corrected chi connectivity index (χ3v) is 8.10. The number of piperidine rings is 2. The summed E-state index contributed by atoms with van der Waals surface area (Å²) in [5, 5.41) is 0. The van der Waals surface area contributed by atoms with E-state index in [1.54, 1.807) is 0 Å². The van der Waals surface area contributed by atoms with Gasteiger partial charge < -0.3 is 46.4 Å². The first kappa shape index (κ1) is 34.4. The van der Waals surface area contributed by atoms with Gasteiger partial charge in [-0.1, -0.05) is 43.2 Å². The third kappa shape index (κ3) is 7.00. The average Bonchev–Trinajstić information content (AvgIpc) is 3.53. The number of nitrogens with zero attached hydrogens (tertiary/aromatic N) is 7. The molecule has 0 amide bonds. The smallest absolute Gasteiger partial charge is 0.160 e. The molecule has 0 N–H and O–H groups in total. The predicted molar refractivity (Wildman–Crippen MR) is 153 cm³/mol. The van der Waals surface area contributed by atoms with Crippen molar-refractivity contribution in [3.05, 3.63) is 66.7 Å². The maximum Gasteiger partial charge on any atom is 0.160 e. The predicted octanol–water partition coefficient (Wildman–Crippen LogP) is -2.99. The molecule has 5 aromatic rings. The van der Waals surface area contributed by atoms with Crippen LogP contribution in [-0.2, 0) is 31.9 Å². The molecule has 1 radical (unpaired) electrons. The van der Waals surface area contributed by atoms with Crippen LogP contribution in [0.2, 0.25) is 0 Å². The van der Waals surface area contributed by atoms with E-state index in [4.69, 9.17) is 15.0 Å². The van der Waals surface area contributed by atoms with Gasteiger partial charge in [0, 0.05) is 18.6 Å². The van der Waals surface area contributed by atoms with Crippen molar-refractivity contribution in [2.75, 3.05) is 26.2 Å². The van der Waals surface area contributed by atoms with Crippen molar-refractivity contribution in [2.45, 2.75) is 51.9 Å². The second kappa shape index (κ2) is 15.6. The number of aromatic nitrogens is 5. The molecule has 0 unspecified atom stereocenters. The van der Waals surface area contributed by atoms with Crippen LogP contribution in [0.15, 0.2) is 66.7 Å². The zero-order chi connectivity index (χ0) is 25.3. The SMILES string of the molecule is [Cl-].[Cl-].[Cl-].[V].c1cc(-c2nc3ccccc3n2CN2CCCCC2)nc(-c2nc3ccccc3n2CN2CCCCC2)c1. The van der Waals surface area contributed by atoms with Crippen LogP contribution in [0.25, 0.3) is 45.1 Å². The number of para-hydroxylation sites is 4. The van der Waals surface area contributed by atoms with Crippen molar-refractivity contribution in [1.29, 1.82) is 0 Å². The van der Waals surface area contributed by atoms with Crippen molar-refractivity contribution in [1.82, 2.24) is 33.9 Å². The van der Waals surface area contributed by atoms with Crippen LogP contribution < -0.4 is 37.2 Å². The monoisotopic (exact) mass is 661 g/mol. The van der Waals surface area contributed by atoms with E-state index in [-0.39, 0.29) is 55.8 Å². The summed E-state index contributed by atoms with van der Waals surface area (Å²) >= 11 is 0. The Morgan fingerprint density at radius 1 is 0.476 bits per heavy atom. The molecule has 0 atom stereocenters. The maximum atomic E-state index is 5.21. The van der Waals surface area contributed by atoms with Crippen LogP contribution >= 0.6 is 0 Å². The molecule has 7 rings (SSSR count). The molecule has 0 aliphatic carbocycles. The molecule has 5 heterocycles. The first-order valence-electron chi connectivity index (χ1n) is 14.2. The summed E-state index contributed by atoms with van der Waals surface area (Å²) in [4.78, 5) is 20.5. The Bertz CT molecular complexity index is 1460. The molecule has 42 heavy (non-hydrogen) atoms. The van der Waals surface area contributed by atoms with Crippen LogP contribution in [0, 0.1) is 0 Å². The number of hydrogen-bond acceptors (Lipinski definition) is 5. The zero-order valence-electron chi connectivity index (χ0n) is 23.5. The van der Waals surface area contributed by atoms with Gasteiger partial charge >= 0.3 is 0 Å². The van der Waals surface area contributed by atoms with Crippen molar-refractivity contribution in [3.8, 4) is 23.0 Å². The molecule has 2 aliphatic heterocycles. The molecule has 7 nitrogen and oxygen atoms in total. The normalized spacial score (nSPS) is 15.8. The fourth-order valence-electron chi connectivity index (χ4n) is 6.11. The van der Waals surface area contributed by atoms with Crippen LogP contribution in [0.3, 0.4) is 0 Å². The minimum Gasteiger partial charge on any atom is -1.00 e. The minimum atomic E-state index is 0. The second-order valence-corrected chi connectivity index (χ2v) is 10.8. The summed E-state index contributed by atoms with van der Waals surface area (Å²) in [6, 6.07) is 23.2. The molecule has 0 saturated carbocycles. The Morgan fingerprint density at radius 3 is 1.31 bits per heavy atom. The van der Waals surface area contributed by atoms with Crippen LogP contribution in [0.4, 0.5) is 0 Å². The summed E-state index contributed by atoms with van der Waals surface area (Å²) in [5.41, 5.74) is 6.16. The van der Waals surface area contributed by atoms with Crippen molar-refractivity contribution < 1.29 is 55.8 Å². The van der Waals surface area contributed by atoms with E-state index in [0.29, 0.717) is 0 Å². The van der Waals surface area contributed by atoms with E-state index >= 15 is 0 Å². The number of halogens is 3. The standard InChI is InChI=1S/C31H35N7.3ClH.V/c1-7-18-35(19-8-1)22-37-28-16-5-3-12-24(28)33-30(37)26-14-11-15-27(32-26)31-34-25-13-4-6-17-29(25)38(31)23-36-20-9-2-10-21-36;;;;/h3-6,11-17H,1-2,7-10,18-23H2;3*1H;/p-3. The molecular formula is C31H35Cl3N7V-3. The maximum absolute atomic E-state index is 5.21. The quantitative estimate of drug-likeness (QED) is 0.194. The van der Waals surface area contributed by atoms with Gasteiger partial charge in [-0.15, -0.1) is 0 Å². The fourth-order valence-corrected chi connectivity index (χ4v) is 6.11. The topological polar surface area (TPSA) is 55.0 Å². The summed E-state index contributed by atoms with van der Waals surface area (Å²) < 4.78 is 4.70. The zero-order valence-corrected chi connectivity index (χ0v) is 27.2. The van der Waals surface area contributed by atoms with Gasteiger partial charge in [0.05, 0.1) is 35.4 Å². The van der Waals surface area contributed by atoms with E-state index in [9.17, 15) is 0 Å². The fraction of sp³-hybridized carbons (Fsp3) is 0.387. The van der Waals surface area contributed by atoms with E-state index in [1.165, 1.54) is 38.5 Å². The summed E-state index contributed by atoms with van der Waals surface area (Å²) in [6.07, 6.45) is 7.73. The number of rotatable bonds is 6. The van der Waals surface area contributed by atoms with Gasteiger partial charge in [-0.3, -0.25) is 9.80 Å². The third-order valence-electron chi connectivity index (χ3n) is 8.10. The number of hydrogen-bond donors (Lipinski definition) is 0. The van der Waals surface area contributed by atoms with E-state index in [2.05, 4.69) is 85.7 Å². The Kier molecular flexibility index (Phi) is 12.8. The van der Waals surface area contributed by atoms with Gasteiger partial charge in [0.25, 0.3) is 0 Å². The largest absolute Gasteiger partial charge is 1.00 e. The summed E-state index contributed by atoms with van der Waals surface area (Å²) in [5.74, 6) is 1.86. The number of fused-ring (bicyclic) bond motifs is 2. The van der Waals surface area contributed by atoms with E-state index in [0.717, 1.165) is 84.6 Å². The molecular weight excluding hydrogens is 628 g/mol. The van der Waals surface area contributed by atoms with Gasteiger partial charge in [-0.25, -0.2) is 15.0 Å². The van der Waals surface area contributed by atoms with Crippen LogP contribution in [-0.4, -0.2) is 60.1 Å². The van der Waals surface area contributed by atoms with E-state index in [1.807, 2.05) is 0 Å². The number of likely N-dealkylation sites (tertiary alicyclic amines) is 2. The first-order valence-corrected chi connectivity index (χ1v) is 14.2. The van der Waals surface area contributed by atoms with Crippen molar-refractivity contribution in [2.24, 2.45) is 0 Å². The average molecular weight is 663 g/mol. The Balaban J connectivity index is 0.00000121. The van der Waals surface area contributed by atoms with Gasteiger partial charge in [-0.2, -0.15) is 0 Å². The molecule has 223 valence electrons. The van der Waals surface area contributed by atoms with Gasteiger partial charge in [0.15, 0.2) is 11.6 Å². The number of benzene rings is 2. The molecule has 0 spiro atoms. The van der Waals surface area contributed by atoms with Crippen molar-refractivity contribution >= 4 is 22.1 Å². The van der Waals surface area contributed by atoms with Gasteiger partial charge in [-0.05, 0) is 88.3 Å². The molecule has 2 fully saturated rings. The minimum absolute atomic E-state index is 0. The summed E-state index contributed by atoms with van der Waals surface area (Å²) in [7, 11) is 0. The molecule has 2 aromatic carbocycles. The molecule has 2 saturated heterocycles. The first-order chi connectivity index (χ1) is 18.8. The number of imidazole rings is 2. The van der Waals surface area contributed by atoms with Gasteiger partial charge in [0.2, 0.25) is 0 Å². The summed E-state index contributed by atoms with van der Waals surface area (Å²) in [6.45, 7) is 6.24. The van der Waals surface area contributed by atoms with Crippen LogP contribution in [0.5, 0.6) is 0 Å².